The first kappa shape index (κ1) is 25.5. The normalized spacial score (nSPS) is 27.9. The zero-order chi connectivity index (χ0) is 25.6. The molecule has 1 amide bonds. The topological polar surface area (TPSA) is 55.8 Å². The zero-order valence-corrected chi connectivity index (χ0v) is 22.4. The summed E-state index contributed by atoms with van der Waals surface area (Å²) in [6.07, 6.45) is 8.97. The predicted molar refractivity (Wildman–Crippen MR) is 138 cm³/mol. The lowest BCUT2D eigenvalue weighted by molar-refractivity contribution is -0.163. The SMILES string of the molecule is CC1=CC(C(=O)OC(C)(C)C)(C2CC23CCN(C(=O)OC(C)(C)C)CC3)C=CC1c1ccccc1. The molecule has 1 heterocycles. The Bertz CT molecular complexity index is 1020. The molecule has 1 spiro atoms. The molecule has 4 rings (SSSR count). The van der Waals surface area contributed by atoms with Crippen LogP contribution in [0.4, 0.5) is 4.79 Å². The van der Waals surface area contributed by atoms with Crippen molar-refractivity contribution in [2.45, 2.75) is 84.8 Å². The van der Waals surface area contributed by atoms with E-state index in [1.54, 1.807) is 0 Å². The number of allylic oxidation sites excluding steroid dienone is 2. The van der Waals surface area contributed by atoms with E-state index in [0.717, 1.165) is 19.3 Å². The van der Waals surface area contributed by atoms with Gasteiger partial charge in [0.15, 0.2) is 0 Å². The Morgan fingerprint density at radius 3 is 2.09 bits per heavy atom. The van der Waals surface area contributed by atoms with Gasteiger partial charge in [0.05, 0.1) is 0 Å². The Labute approximate surface area is 210 Å². The Morgan fingerprint density at radius 1 is 0.943 bits per heavy atom. The van der Waals surface area contributed by atoms with Crippen LogP contribution in [0.2, 0.25) is 0 Å². The van der Waals surface area contributed by atoms with Crippen LogP contribution in [0.15, 0.2) is 54.1 Å². The predicted octanol–water partition coefficient (Wildman–Crippen LogP) is 6.65. The highest BCUT2D eigenvalue weighted by Crippen LogP contribution is 2.68. The Balaban J connectivity index is 1.56. The van der Waals surface area contributed by atoms with Crippen molar-refractivity contribution in [3.8, 4) is 0 Å². The van der Waals surface area contributed by atoms with Crippen molar-refractivity contribution in [3.63, 3.8) is 0 Å². The molecule has 1 aromatic rings. The molecule has 1 aliphatic heterocycles. The fraction of sp³-hybridized carbons (Fsp3) is 0.600. The first-order valence-corrected chi connectivity index (χ1v) is 12.9. The smallest absolute Gasteiger partial charge is 0.410 e. The fourth-order valence-electron chi connectivity index (χ4n) is 5.85. The molecule has 3 unspecified atom stereocenters. The Hall–Kier alpha value is -2.56. The van der Waals surface area contributed by atoms with E-state index in [1.807, 2.05) is 52.5 Å². The zero-order valence-electron chi connectivity index (χ0n) is 22.4. The van der Waals surface area contributed by atoms with E-state index in [1.165, 1.54) is 11.1 Å². The molecule has 0 aromatic heterocycles. The van der Waals surface area contributed by atoms with Gasteiger partial charge in [-0.2, -0.15) is 0 Å². The number of rotatable bonds is 3. The van der Waals surface area contributed by atoms with Crippen LogP contribution in [-0.4, -0.2) is 41.3 Å². The molecule has 1 saturated carbocycles. The first-order valence-electron chi connectivity index (χ1n) is 12.9. The highest BCUT2D eigenvalue weighted by atomic mass is 16.6. The second-order valence-corrected chi connectivity index (χ2v) is 12.7. The summed E-state index contributed by atoms with van der Waals surface area (Å²) in [4.78, 5) is 28.2. The van der Waals surface area contributed by atoms with E-state index in [2.05, 4.69) is 49.4 Å². The lowest BCUT2D eigenvalue weighted by Crippen LogP contribution is -2.44. The second-order valence-electron chi connectivity index (χ2n) is 12.7. The first-order chi connectivity index (χ1) is 16.2. The summed E-state index contributed by atoms with van der Waals surface area (Å²) in [6, 6.07) is 10.4. The van der Waals surface area contributed by atoms with Gasteiger partial charge in [0.25, 0.3) is 0 Å². The summed E-state index contributed by atoms with van der Waals surface area (Å²) in [6.45, 7) is 14.9. The van der Waals surface area contributed by atoms with Gasteiger partial charge < -0.3 is 14.4 Å². The van der Waals surface area contributed by atoms with Gasteiger partial charge >= 0.3 is 12.1 Å². The highest BCUT2D eigenvalue weighted by molar-refractivity contribution is 5.84. The maximum atomic E-state index is 13.8. The molecular formula is C30H41NO4. The van der Waals surface area contributed by atoms with Crippen LogP contribution in [0, 0.1) is 16.7 Å². The summed E-state index contributed by atoms with van der Waals surface area (Å²) in [5.74, 6) is 0.174. The third-order valence-electron chi connectivity index (χ3n) is 7.61. The maximum Gasteiger partial charge on any atom is 0.410 e. The molecule has 5 nitrogen and oxygen atoms in total. The van der Waals surface area contributed by atoms with Crippen LogP contribution >= 0.6 is 0 Å². The van der Waals surface area contributed by atoms with Crippen molar-refractivity contribution in [1.82, 2.24) is 4.90 Å². The van der Waals surface area contributed by atoms with E-state index in [0.29, 0.717) is 13.1 Å². The molecule has 0 radical (unpaired) electrons. The summed E-state index contributed by atoms with van der Waals surface area (Å²) in [7, 11) is 0. The van der Waals surface area contributed by atoms with Gasteiger partial charge in [0.2, 0.25) is 0 Å². The van der Waals surface area contributed by atoms with E-state index in [-0.39, 0.29) is 29.3 Å². The van der Waals surface area contributed by atoms with Crippen molar-refractivity contribution in [2.24, 2.45) is 16.7 Å². The highest BCUT2D eigenvalue weighted by Gasteiger charge is 2.66. The number of nitrogens with zero attached hydrogens (tertiary/aromatic N) is 1. The van der Waals surface area contributed by atoms with Crippen LogP contribution in [0.1, 0.15) is 79.2 Å². The molecule has 0 bridgehead atoms. The summed E-state index contributed by atoms with van der Waals surface area (Å²) in [5.41, 5.74) is 0.633. The third-order valence-corrected chi connectivity index (χ3v) is 7.61. The molecule has 1 aromatic carbocycles. The number of hydrogen-bond acceptors (Lipinski definition) is 4. The van der Waals surface area contributed by atoms with Crippen LogP contribution < -0.4 is 0 Å². The quantitative estimate of drug-likeness (QED) is 0.360. The number of benzene rings is 1. The van der Waals surface area contributed by atoms with Crippen molar-refractivity contribution in [2.75, 3.05) is 13.1 Å². The lowest BCUT2D eigenvalue weighted by Gasteiger charge is -2.39. The summed E-state index contributed by atoms with van der Waals surface area (Å²) in [5, 5.41) is 0. The largest absolute Gasteiger partial charge is 0.459 e. The molecular weight excluding hydrogens is 438 g/mol. The number of amides is 1. The standard InChI is InChI=1S/C30H41NO4/c1-21-19-30(25(32)34-27(2,3)4,14-13-23(21)22-11-9-8-10-12-22)24-20-29(24)15-17-31(18-16-29)26(33)35-28(5,6)7/h8-14,19,23-24H,15-18,20H2,1-7H3. The van der Waals surface area contributed by atoms with Crippen LogP contribution in [0.3, 0.4) is 0 Å². The van der Waals surface area contributed by atoms with Gasteiger partial charge in [-0.1, -0.05) is 54.1 Å². The molecule has 3 aliphatic rings. The number of piperidine rings is 1. The Kier molecular flexibility index (Phi) is 6.44. The van der Waals surface area contributed by atoms with Crippen LogP contribution in [0.25, 0.3) is 0 Å². The summed E-state index contributed by atoms with van der Waals surface area (Å²) >= 11 is 0. The van der Waals surface area contributed by atoms with Crippen molar-refractivity contribution >= 4 is 12.1 Å². The second kappa shape index (κ2) is 8.83. The van der Waals surface area contributed by atoms with Crippen molar-refractivity contribution < 1.29 is 19.1 Å². The maximum absolute atomic E-state index is 13.8. The minimum absolute atomic E-state index is 0.0517. The Morgan fingerprint density at radius 2 is 1.54 bits per heavy atom. The van der Waals surface area contributed by atoms with Gasteiger partial charge in [-0.05, 0) is 84.6 Å². The number of carbonyl (C=O) groups excluding carboxylic acids is 2. The van der Waals surface area contributed by atoms with Gasteiger partial charge in [0.1, 0.15) is 16.6 Å². The monoisotopic (exact) mass is 479 g/mol. The van der Waals surface area contributed by atoms with Crippen molar-refractivity contribution in [1.29, 1.82) is 0 Å². The lowest BCUT2D eigenvalue weighted by atomic mass is 9.70. The van der Waals surface area contributed by atoms with E-state index < -0.39 is 16.6 Å². The molecule has 2 fully saturated rings. The van der Waals surface area contributed by atoms with Crippen LogP contribution in [0.5, 0.6) is 0 Å². The van der Waals surface area contributed by atoms with Gasteiger partial charge in [-0.3, -0.25) is 4.79 Å². The van der Waals surface area contributed by atoms with Gasteiger partial charge in [-0.25, -0.2) is 4.79 Å². The van der Waals surface area contributed by atoms with E-state index in [9.17, 15) is 9.59 Å². The van der Waals surface area contributed by atoms with Crippen molar-refractivity contribution in [3.05, 3.63) is 59.7 Å². The molecule has 2 aliphatic carbocycles. The number of ether oxygens (including phenoxy) is 2. The molecule has 0 N–H and O–H groups in total. The number of esters is 1. The number of likely N-dealkylation sites (tertiary alicyclic amines) is 1. The van der Waals surface area contributed by atoms with Gasteiger partial charge in [-0.15, -0.1) is 0 Å². The minimum atomic E-state index is -0.767. The fourth-order valence-corrected chi connectivity index (χ4v) is 5.85. The molecule has 3 atom stereocenters. The average Bonchev–Trinajstić information content (AvgIpc) is 3.45. The van der Waals surface area contributed by atoms with Gasteiger partial charge in [0, 0.05) is 19.0 Å². The number of carbonyl (C=O) groups is 2. The molecule has 190 valence electrons. The average molecular weight is 480 g/mol. The molecule has 5 heteroatoms. The van der Waals surface area contributed by atoms with E-state index in [4.69, 9.17) is 9.47 Å². The van der Waals surface area contributed by atoms with E-state index >= 15 is 0 Å². The van der Waals surface area contributed by atoms with Crippen LogP contribution in [-0.2, 0) is 14.3 Å². The summed E-state index contributed by atoms with van der Waals surface area (Å²) < 4.78 is 11.6. The minimum Gasteiger partial charge on any atom is -0.459 e. The molecule has 35 heavy (non-hydrogen) atoms. The number of hydrogen-bond donors (Lipinski definition) is 0. The third kappa shape index (κ3) is 5.34. The molecule has 1 saturated heterocycles.